The van der Waals surface area contributed by atoms with Crippen molar-refractivity contribution in [3.63, 3.8) is 0 Å². The van der Waals surface area contributed by atoms with Gasteiger partial charge in [-0.1, -0.05) is 87.7 Å². The van der Waals surface area contributed by atoms with Gasteiger partial charge in [-0.25, -0.2) is 15.0 Å². The summed E-state index contributed by atoms with van der Waals surface area (Å²) in [6.45, 7) is 4.14. The van der Waals surface area contributed by atoms with Gasteiger partial charge in [-0.3, -0.25) is 0 Å². The van der Waals surface area contributed by atoms with Crippen molar-refractivity contribution >= 4 is 15.9 Å². The number of nitrogens with zero attached hydrogens (tertiary/aromatic N) is 3. The highest BCUT2D eigenvalue weighted by Crippen LogP contribution is 2.25. The Morgan fingerprint density at radius 1 is 0.481 bits per heavy atom. The van der Waals surface area contributed by atoms with Crippen LogP contribution >= 0.6 is 15.9 Å². The molecule has 1 heterocycles. The van der Waals surface area contributed by atoms with E-state index in [0.29, 0.717) is 17.5 Å². The summed E-state index contributed by atoms with van der Waals surface area (Å²) in [6.07, 6.45) is 0. The number of halogens is 1. The van der Waals surface area contributed by atoms with Crippen LogP contribution in [0.25, 0.3) is 34.2 Å². The van der Waals surface area contributed by atoms with Crippen molar-refractivity contribution in [1.29, 1.82) is 0 Å². The minimum Gasteiger partial charge on any atom is -0.208 e. The Morgan fingerprint density at radius 3 is 1.11 bits per heavy atom. The second-order valence-electron chi connectivity index (χ2n) is 6.55. The normalized spacial score (nSPS) is 10.8. The average molecular weight is 416 g/mol. The Kier molecular flexibility index (Phi) is 4.82. The first-order valence-electron chi connectivity index (χ1n) is 8.74. The minimum absolute atomic E-state index is 0.670. The molecule has 0 aliphatic carbocycles. The second kappa shape index (κ2) is 7.41. The number of rotatable bonds is 3. The topological polar surface area (TPSA) is 38.7 Å². The van der Waals surface area contributed by atoms with Gasteiger partial charge < -0.3 is 0 Å². The summed E-state index contributed by atoms with van der Waals surface area (Å²) in [4.78, 5) is 14.2. The highest BCUT2D eigenvalue weighted by Gasteiger charge is 2.12. The van der Waals surface area contributed by atoms with Crippen LogP contribution in [0.15, 0.2) is 77.3 Å². The Morgan fingerprint density at radius 2 is 0.778 bits per heavy atom. The van der Waals surface area contributed by atoms with E-state index >= 15 is 0 Å². The zero-order chi connectivity index (χ0) is 18.8. The summed E-state index contributed by atoms with van der Waals surface area (Å²) in [6, 6.07) is 24.5. The maximum atomic E-state index is 4.74. The lowest BCUT2D eigenvalue weighted by molar-refractivity contribution is 1.07. The fraction of sp³-hybridized carbons (Fsp3) is 0.0870. The molecule has 4 aromatic rings. The number of benzene rings is 3. The van der Waals surface area contributed by atoms with Crippen molar-refractivity contribution in [3.8, 4) is 34.2 Å². The molecule has 0 unspecified atom stereocenters. The van der Waals surface area contributed by atoms with Crippen molar-refractivity contribution in [2.45, 2.75) is 13.8 Å². The molecule has 0 atom stereocenters. The van der Waals surface area contributed by atoms with Crippen LogP contribution in [0.2, 0.25) is 0 Å². The Labute approximate surface area is 167 Å². The van der Waals surface area contributed by atoms with Gasteiger partial charge in [-0.15, -0.1) is 0 Å². The SMILES string of the molecule is Cc1ccc(-c2nc(-c3ccc(C)cc3)nc(-c3ccc(Br)cc3)n2)cc1. The van der Waals surface area contributed by atoms with Gasteiger partial charge in [-0.2, -0.15) is 0 Å². The first-order valence-corrected chi connectivity index (χ1v) is 9.54. The lowest BCUT2D eigenvalue weighted by atomic mass is 10.1. The quantitative estimate of drug-likeness (QED) is 0.396. The largest absolute Gasteiger partial charge is 0.208 e. The molecule has 4 rings (SSSR count). The molecule has 0 N–H and O–H groups in total. The molecule has 0 fully saturated rings. The molecule has 132 valence electrons. The Hall–Kier alpha value is -2.85. The van der Waals surface area contributed by atoms with Crippen LogP contribution in [0.1, 0.15) is 11.1 Å². The summed E-state index contributed by atoms with van der Waals surface area (Å²) in [5, 5.41) is 0. The van der Waals surface area contributed by atoms with Gasteiger partial charge in [0.05, 0.1) is 0 Å². The highest BCUT2D eigenvalue weighted by atomic mass is 79.9. The summed E-state index contributed by atoms with van der Waals surface area (Å²) in [5.41, 5.74) is 5.34. The van der Waals surface area contributed by atoms with E-state index in [1.807, 2.05) is 24.3 Å². The second-order valence-corrected chi connectivity index (χ2v) is 7.46. The van der Waals surface area contributed by atoms with Gasteiger partial charge >= 0.3 is 0 Å². The number of hydrogen-bond donors (Lipinski definition) is 0. The van der Waals surface area contributed by atoms with Crippen LogP contribution in [0.5, 0.6) is 0 Å². The van der Waals surface area contributed by atoms with Crippen molar-refractivity contribution in [2.75, 3.05) is 0 Å². The summed E-state index contributed by atoms with van der Waals surface area (Å²) in [5.74, 6) is 2.03. The van der Waals surface area contributed by atoms with E-state index in [1.54, 1.807) is 0 Å². The summed E-state index contributed by atoms with van der Waals surface area (Å²) < 4.78 is 1.03. The maximum Gasteiger partial charge on any atom is 0.164 e. The number of hydrogen-bond acceptors (Lipinski definition) is 3. The first kappa shape index (κ1) is 17.6. The third-order valence-electron chi connectivity index (χ3n) is 4.36. The monoisotopic (exact) mass is 415 g/mol. The van der Waals surface area contributed by atoms with E-state index in [1.165, 1.54) is 11.1 Å². The number of aryl methyl sites for hydroxylation is 2. The third kappa shape index (κ3) is 3.96. The van der Waals surface area contributed by atoms with E-state index in [9.17, 15) is 0 Å². The van der Waals surface area contributed by atoms with Crippen LogP contribution in [-0.2, 0) is 0 Å². The molecule has 4 heteroatoms. The zero-order valence-corrected chi connectivity index (χ0v) is 16.7. The van der Waals surface area contributed by atoms with Crippen LogP contribution in [0, 0.1) is 13.8 Å². The van der Waals surface area contributed by atoms with Crippen LogP contribution in [0.4, 0.5) is 0 Å². The van der Waals surface area contributed by atoms with E-state index in [4.69, 9.17) is 15.0 Å². The zero-order valence-electron chi connectivity index (χ0n) is 15.1. The number of aromatic nitrogens is 3. The van der Waals surface area contributed by atoms with Crippen molar-refractivity contribution in [3.05, 3.63) is 88.4 Å². The first-order chi connectivity index (χ1) is 13.1. The van der Waals surface area contributed by atoms with E-state index in [0.717, 1.165) is 21.2 Å². The molecule has 0 bridgehead atoms. The molecular weight excluding hydrogens is 398 g/mol. The van der Waals surface area contributed by atoms with E-state index in [2.05, 4.69) is 78.3 Å². The summed E-state index contributed by atoms with van der Waals surface area (Å²) >= 11 is 3.48. The highest BCUT2D eigenvalue weighted by molar-refractivity contribution is 9.10. The van der Waals surface area contributed by atoms with Crippen molar-refractivity contribution in [2.24, 2.45) is 0 Å². The molecule has 27 heavy (non-hydrogen) atoms. The molecule has 0 radical (unpaired) electrons. The van der Waals surface area contributed by atoms with Gasteiger partial charge in [0.15, 0.2) is 17.5 Å². The molecule has 0 saturated carbocycles. The molecular formula is C23H18BrN3. The molecule has 0 amide bonds. The van der Waals surface area contributed by atoms with Crippen molar-refractivity contribution in [1.82, 2.24) is 15.0 Å². The van der Waals surface area contributed by atoms with Crippen LogP contribution in [0.3, 0.4) is 0 Å². The standard InChI is InChI=1S/C23H18BrN3/c1-15-3-7-17(8-4-15)21-25-22(18-9-5-16(2)6-10-18)27-23(26-21)19-11-13-20(24)14-12-19/h3-14H,1-2H3. The average Bonchev–Trinajstić information content (AvgIpc) is 2.69. The molecule has 0 aliphatic rings. The fourth-order valence-corrected chi connectivity index (χ4v) is 3.03. The smallest absolute Gasteiger partial charge is 0.164 e. The third-order valence-corrected chi connectivity index (χ3v) is 4.89. The lowest BCUT2D eigenvalue weighted by Crippen LogP contribution is -2.00. The Balaban J connectivity index is 1.89. The summed E-state index contributed by atoms with van der Waals surface area (Å²) in [7, 11) is 0. The molecule has 0 aliphatic heterocycles. The van der Waals surface area contributed by atoms with Crippen LogP contribution in [-0.4, -0.2) is 15.0 Å². The van der Waals surface area contributed by atoms with Gasteiger partial charge in [0.1, 0.15) is 0 Å². The maximum absolute atomic E-state index is 4.74. The van der Waals surface area contributed by atoms with Crippen LogP contribution < -0.4 is 0 Å². The van der Waals surface area contributed by atoms with E-state index < -0.39 is 0 Å². The van der Waals surface area contributed by atoms with Crippen molar-refractivity contribution < 1.29 is 0 Å². The molecule has 3 nitrogen and oxygen atoms in total. The lowest BCUT2D eigenvalue weighted by Gasteiger charge is -2.09. The molecule has 1 aromatic heterocycles. The van der Waals surface area contributed by atoms with E-state index in [-0.39, 0.29) is 0 Å². The molecule has 0 saturated heterocycles. The molecule has 3 aromatic carbocycles. The fourth-order valence-electron chi connectivity index (χ4n) is 2.77. The van der Waals surface area contributed by atoms with Gasteiger partial charge in [0.25, 0.3) is 0 Å². The van der Waals surface area contributed by atoms with Gasteiger partial charge in [-0.05, 0) is 26.0 Å². The van der Waals surface area contributed by atoms with Gasteiger partial charge in [0, 0.05) is 21.2 Å². The minimum atomic E-state index is 0.670. The molecule has 0 spiro atoms. The predicted molar refractivity (Wildman–Crippen MR) is 113 cm³/mol. The van der Waals surface area contributed by atoms with Gasteiger partial charge in [0.2, 0.25) is 0 Å². The Bertz CT molecular complexity index is 916. The predicted octanol–water partition coefficient (Wildman–Crippen LogP) is 6.25.